The first kappa shape index (κ1) is 20.1. The molecule has 28 heavy (non-hydrogen) atoms. The number of urea groups is 1. The third kappa shape index (κ3) is 4.77. The summed E-state index contributed by atoms with van der Waals surface area (Å²) in [6, 6.07) is 14.9. The average Bonchev–Trinajstić information content (AvgIpc) is 2.69. The molecule has 0 unspecified atom stereocenters. The summed E-state index contributed by atoms with van der Waals surface area (Å²) in [5.74, 6) is 0. The largest absolute Gasteiger partial charge is 0.372 e. The van der Waals surface area contributed by atoms with Crippen molar-refractivity contribution >= 4 is 23.1 Å². The van der Waals surface area contributed by atoms with Gasteiger partial charge in [-0.15, -0.1) is 0 Å². The number of nitrogens with one attached hydrogen (secondary N) is 1. The maximum absolute atomic E-state index is 12.6. The quantitative estimate of drug-likeness (QED) is 0.830. The lowest BCUT2D eigenvalue weighted by Gasteiger charge is -2.36. The van der Waals surface area contributed by atoms with Gasteiger partial charge in [0.15, 0.2) is 0 Å². The fourth-order valence-electron chi connectivity index (χ4n) is 3.88. The number of hydrogen-bond acceptors (Lipinski definition) is 3. The van der Waals surface area contributed by atoms with Gasteiger partial charge >= 0.3 is 6.03 Å². The zero-order valence-electron chi connectivity index (χ0n) is 17.5. The minimum atomic E-state index is -0.0125. The van der Waals surface area contributed by atoms with E-state index in [4.69, 9.17) is 0 Å². The third-order valence-corrected chi connectivity index (χ3v) is 5.38. The Morgan fingerprint density at radius 1 is 0.929 bits per heavy atom. The lowest BCUT2D eigenvalue weighted by atomic mass is 10.1. The predicted molar refractivity (Wildman–Crippen MR) is 119 cm³/mol. The van der Waals surface area contributed by atoms with E-state index in [2.05, 4.69) is 59.3 Å². The van der Waals surface area contributed by atoms with Gasteiger partial charge in [0.1, 0.15) is 0 Å². The Labute approximate surface area is 168 Å². The van der Waals surface area contributed by atoms with Crippen molar-refractivity contribution in [3.8, 4) is 0 Å². The molecule has 2 aromatic rings. The molecule has 0 aliphatic carbocycles. The Kier molecular flexibility index (Phi) is 6.45. The van der Waals surface area contributed by atoms with Crippen LogP contribution in [0, 0.1) is 13.8 Å². The van der Waals surface area contributed by atoms with Gasteiger partial charge in [0, 0.05) is 56.3 Å². The van der Waals surface area contributed by atoms with E-state index < -0.39 is 0 Å². The highest BCUT2D eigenvalue weighted by Gasteiger charge is 2.21. The van der Waals surface area contributed by atoms with Crippen LogP contribution in [0.3, 0.4) is 0 Å². The highest BCUT2D eigenvalue weighted by Crippen LogP contribution is 2.22. The van der Waals surface area contributed by atoms with E-state index in [0.29, 0.717) is 0 Å². The summed E-state index contributed by atoms with van der Waals surface area (Å²) >= 11 is 0. The summed E-state index contributed by atoms with van der Waals surface area (Å²) in [6.45, 7) is 13.7. The Bertz CT molecular complexity index is 770. The summed E-state index contributed by atoms with van der Waals surface area (Å²) in [4.78, 5) is 19.2. The third-order valence-electron chi connectivity index (χ3n) is 5.38. The predicted octanol–water partition coefficient (Wildman–Crippen LogP) is 4.50. The topological polar surface area (TPSA) is 38.8 Å². The first-order valence-corrected chi connectivity index (χ1v) is 10.2. The molecular formula is C23H32N4O. The van der Waals surface area contributed by atoms with Crippen LogP contribution in [0.2, 0.25) is 0 Å². The summed E-state index contributed by atoms with van der Waals surface area (Å²) in [7, 11) is 0. The second kappa shape index (κ2) is 9.00. The molecule has 1 aliphatic heterocycles. The van der Waals surface area contributed by atoms with Crippen LogP contribution in [-0.2, 0) is 0 Å². The Hall–Kier alpha value is -2.69. The molecule has 0 aromatic heterocycles. The fraction of sp³-hybridized carbons (Fsp3) is 0.435. The average molecular weight is 381 g/mol. The van der Waals surface area contributed by atoms with E-state index in [1.54, 1.807) is 0 Å². The molecule has 2 amide bonds. The number of rotatable bonds is 5. The van der Waals surface area contributed by atoms with E-state index in [9.17, 15) is 4.79 Å². The second-order valence-corrected chi connectivity index (χ2v) is 7.47. The van der Waals surface area contributed by atoms with E-state index in [0.717, 1.165) is 56.1 Å². The number of benzene rings is 2. The van der Waals surface area contributed by atoms with Crippen molar-refractivity contribution in [1.29, 1.82) is 0 Å². The molecule has 3 rings (SSSR count). The van der Waals surface area contributed by atoms with Crippen molar-refractivity contribution < 1.29 is 4.79 Å². The van der Waals surface area contributed by atoms with Gasteiger partial charge in [-0.25, -0.2) is 4.79 Å². The molecule has 0 radical (unpaired) electrons. The van der Waals surface area contributed by atoms with Gasteiger partial charge in [-0.3, -0.25) is 0 Å². The zero-order chi connectivity index (χ0) is 20.1. The van der Waals surface area contributed by atoms with E-state index >= 15 is 0 Å². The Balaban J connectivity index is 1.55. The number of amides is 2. The molecule has 0 atom stereocenters. The molecule has 0 spiro atoms. The van der Waals surface area contributed by atoms with Crippen molar-refractivity contribution in [2.75, 3.05) is 54.4 Å². The number of carbonyl (C=O) groups is 1. The molecule has 1 aliphatic rings. The molecule has 150 valence electrons. The maximum atomic E-state index is 12.6. The van der Waals surface area contributed by atoms with Gasteiger partial charge in [-0.1, -0.05) is 6.07 Å². The number of aryl methyl sites for hydroxylation is 2. The highest BCUT2D eigenvalue weighted by molar-refractivity contribution is 5.89. The van der Waals surface area contributed by atoms with Gasteiger partial charge in [-0.05, 0) is 75.2 Å². The minimum Gasteiger partial charge on any atom is -0.372 e. The van der Waals surface area contributed by atoms with Crippen LogP contribution in [0.5, 0.6) is 0 Å². The molecule has 1 N–H and O–H groups in total. The van der Waals surface area contributed by atoms with Crippen molar-refractivity contribution in [3.63, 3.8) is 0 Å². The molecule has 1 saturated heterocycles. The fourth-order valence-corrected chi connectivity index (χ4v) is 3.88. The number of nitrogens with zero attached hydrogens (tertiary/aromatic N) is 3. The second-order valence-electron chi connectivity index (χ2n) is 7.47. The van der Waals surface area contributed by atoms with Crippen molar-refractivity contribution in [2.45, 2.75) is 27.7 Å². The Morgan fingerprint density at radius 3 is 2.04 bits per heavy atom. The SMILES string of the molecule is CCN(CC)c1ccc(N2CCN(C(=O)Nc3cc(C)cc(C)c3)CC2)cc1. The van der Waals surface area contributed by atoms with Crippen LogP contribution in [-0.4, -0.2) is 50.2 Å². The van der Waals surface area contributed by atoms with Crippen LogP contribution in [0.15, 0.2) is 42.5 Å². The van der Waals surface area contributed by atoms with Crippen LogP contribution in [0.4, 0.5) is 21.9 Å². The van der Waals surface area contributed by atoms with Gasteiger partial charge in [0.05, 0.1) is 0 Å². The molecule has 0 saturated carbocycles. The van der Waals surface area contributed by atoms with Crippen LogP contribution < -0.4 is 15.1 Å². The van der Waals surface area contributed by atoms with Gasteiger partial charge in [-0.2, -0.15) is 0 Å². The van der Waals surface area contributed by atoms with Crippen LogP contribution >= 0.6 is 0 Å². The molecule has 5 nitrogen and oxygen atoms in total. The normalized spacial score (nSPS) is 14.1. The number of carbonyl (C=O) groups excluding carboxylic acids is 1. The molecule has 1 fully saturated rings. The number of anilines is 3. The summed E-state index contributed by atoms with van der Waals surface area (Å²) in [5, 5.41) is 3.04. The first-order chi connectivity index (χ1) is 13.5. The molecule has 0 bridgehead atoms. The number of piperazine rings is 1. The standard InChI is InChI=1S/C23H32N4O/c1-5-25(6-2)21-7-9-22(10-8-21)26-11-13-27(14-12-26)23(28)24-20-16-18(3)15-19(4)17-20/h7-10,15-17H,5-6,11-14H2,1-4H3,(H,24,28). The van der Waals surface area contributed by atoms with Crippen LogP contribution in [0.1, 0.15) is 25.0 Å². The summed E-state index contributed by atoms with van der Waals surface area (Å²) in [6.07, 6.45) is 0. The monoisotopic (exact) mass is 380 g/mol. The van der Waals surface area contributed by atoms with E-state index in [1.165, 1.54) is 11.4 Å². The smallest absolute Gasteiger partial charge is 0.321 e. The maximum Gasteiger partial charge on any atom is 0.321 e. The van der Waals surface area contributed by atoms with Crippen LogP contribution in [0.25, 0.3) is 0 Å². The van der Waals surface area contributed by atoms with Gasteiger partial charge in [0.2, 0.25) is 0 Å². The highest BCUT2D eigenvalue weighted by atomic mass is 16.2. The van der Waals surface area contributed by atoms with E-state index in [1.807, 2.05) is 30.9 Å². The summed E-state index contributed by atoms with van der Waals surface area (Å²) in [5.41, 5.74) is 5.68. The van der Waals surface area contributed by atoms with Crippen molar-refractivity contribution in [1.82, 2.24) is 4.90 Å². The Morgan fingerprint density at radius 2 is 1.50 bits per heavy atom. The molecular weight excluding hydrogens is 348 g/mol. The van der Waals surface area contributed by atoms with Crippen molar-refractivity contribution in [3.05, 3.63) is 53.6 Å². The molecule has 1 heterocycles. The lowest BCUT2D eigenvalue weighted by Crippen LogP contribution is -2.50. The van der Waals surface area contributed by atoms with Crippen molar-refractivity contribution in [2.24, 2.45) is 0 Å². The van der Waals surface area contributed by atoms with E-state index in [-0.39, 0.29) is 6.03 Å². The molecule has 5 heteroatoms. The minimum absolute atomic E-state index is 0.0125. The van der Waals surface area contributed by atoms with Gasteiger partial charge in [0.25, 0.3) is 0 Å². The first-order valence-electron chi connectivity index (χ1n) is 10.2. The summed E-state index contributed by atoms with van der Waals surface area (Å²) < 4.78 is 0. The zero-order valence-corrected chi connectivity index (χ0v) is 17.5. The molecule has 2 aromatic carbocycles. The lowest BCUT2D eigenvalue weighted by molar-refractivity contribution is 0.208. The van der Waals surface area contributed by atoms with Gasteiger partial charge < -0.3 is 20.0 Å². The number of hydrogen-bond donors (Lipinski definition) is 1.